The van der Waals surface area contributed by atoms with Crippen molar-refractivity contribution in [3.8, 4) is 0 Å². The quantitative estimate of drug-likeness (QED) is 0.731. The van der Waals surface area contributed by atoms with Crippen LogP contribution in [0.2, 0.25) is 0 Å². The van der Waals surface area contributed by atoms with Crippen LogP contribution in [-0.4, -0.2) is 50.0 Å². The number of hydrogen-bond donors (Lipinski definition) is 1. The van der Waals surface area contributed by atoms with Crippen molar-refractivity contribution in [2.75, 3.05) is 24.9 Å². The highest BCUT2D eigenvalue weighted by Crippen LogP contribution is 2.30. The van der Waals surface area contributed by atoms with E-state index < -0.39 is 16.0 Å². The Morgan fingerprint density at radius 1 is 1.00 bits per heavy atom. The van der Waals surface area contributed by atoms with Gasteiger partial charge in [-0.1, -0.05) is 0 Å². The van der Waals surface area contributed by atoms with E-state index in [0.717, 1.165) is 19.3 Å². The van der Waals surface area contributed by atoms with E-state index in [2.05, 4.69) is 9.46 Å². The summed E-state index contributed by atoms with van der Waals surface area (Å²) in [6.07, 6.45) is 2.91. The molecule has 0 unspecified atom stereocenters. The van der Waals surface area contributed by atoms with E-state index in [1.165, 1.54) is 31.4 Å². The van der Waals surface area contributed by atoms with Crippen LogP contribution in [0.3, 0.4) is 0 Å². The second-order valence-corrected chi connectivity index (χ2v) is 9.08. The standard InChI is InChI=1S/C21H27N3O5S/c1-14-18(20(25)24-12-6-5-7-13-24)19(15(2)23(14)3)30(27,28)22-17-10-8-16(9-11-17)21(26)29-4/h8-11,22H,5-7,12-13H2,1-4H3. The Hall–Kier alpha value is -2.81. The molecule has 9 heteroatoms. The van der Waals surface area contributed by atoms with Gasteiger partial charge in [-0.2, -0.15) is 0 Å². The molecule has 0 aliphatic carbocycles. The molecule has 1 aromatic carbocycles. The van der Waals surface area contributed by atoms with E-state index in [9.17, 15) is 18.0 Å². The number of hydrogen-bond acceptors (Lipinski definition) is 5. The summed E-state index contributed by atoms with van der Waals surface area (Å²) >= 11 is 0. The minimum Gasteiger partial charge on any atom is -0.465 e. The van der Waals surface area contributed by atoms with E-state index >= 15 is 0 Å². The summed E-state index contributed by atoms with van der Waals surface area (Å²) in [7, 11) is -1.00. The second-order valence-electron chi connectivity index (χ2n) is 7.46. The number of aromatic nitrogens is 1. The molecule has 1 fully saturated rings. The Morgan fingerprint density at radius 2 is 1.60 bits per heavy atom. The largest absolute Gasteiger partial charge is 0.465 e. The first-order chi connectivity index (χ1) is 14.2. The maximum absolute atomic E-state index is 13.3. The van der Waals surface area contributed by atoms with Crippen LogP contribution in [0.4, 0.5) is 5.69 Å². The van der Waals surface area contributed by atoms with Crippen molar-refractivity contribution in [3.63, 3.8) is 0 Å². The topological polar surface area (TPSA) is 97.7 Å². The Balaban J connectivity index is 1.98. The first-order valence-electron chi connectivity index (χ1n) is 9.83. The molecule has 2 heterocycles. The fraction of sp³-hybridized carbons (Fsp3) is 0.429. The lowest BCUT2D eigenvalue weighted by atomic mass is 10.1. The third-order valence-electron chi connectivity index (χ3n) is 5.61. The van der Waals surface area contributed by atoms with E-state index in [4.69, 9.17) is 0 Å². The Morgan fingerprint density at radius 3 is 2.17 bits per heavy atom. The van der Waals surface area contributed by atoms with Gasteiger partial charge in [-0.05, 0) is 57.4 Å². The van der Waals surface area contributed by atoms with Crippen molar-refractivity contribution in [1.29, 1.82) is 0 Å². The number of rotatable bonds is 5. The summed E-state index contributed by atoms with van der Waals surface area (Å²) in [6, 6.07) is 5.93. The molecule has 30 heavy (non-hydrogen) atoms. The molecule has 1 saturated heterocycles. The van der Waals surface area contributed by atoms with Crippen molar-refractivity contribution in [3.05, 3.63) is 46.8 Å². The Labute approximate surface area is 176 Å². The van der Waals surface area contributed by atoms with E-state index in [1.807, 2.05) is 0 Å². The number of likely N-dealkylation sites (tertiary alicyclic amines) is 1. The van der Waals surface area contributed by atoms with Crippen molar-refractivity contribution >= 4 is 27.6 Å². The molecule has 8 nitrogen and oxygen atoms in total. The fourth-order valence-corrected chi connectivity index (χ4v) is 5.33. The summed E-state index contributed by atoms with van der Waals surface area (Å²) in [5, 5.41) is 0. The highest BCUT2D eigenvalue weighted by molar-refractivity contribution is 7.92. The Kier molecular flexibility index (Phi) is 6.21. The smallest absolute Gasteiger partial charge is 0.337 e. The molecule has 3 rings (SSSR count). The molecular formula is C21H27N3O5S. The van der Waals surface area contributed by atoms with Crippen molar-refractivity contribution < 1.29 is 22.7 Å². The number of amides is 1. The third-order valence-corrected chi connectivity index (χ3v) is 7.15. The number of carbonyl (C=O) groups is 2. The molecule has 1 aromatic heterocycles. The lowest BCUT2D eigenvalue weighted by molar-refractivity contribution is 0.0600. The van der Waals surface area contributed by atoms with Gasteiger partial charge < -0.3 is 14.2 Å². The highest BCUT2D eigenvalue weighted by atomic mass is 32.2. The molecule has 1 aliphatic heterocycles. The predicted molar refractivity (Wildman–Crippen MR) is 113 cm³/mol. The van der Waals surface area contributed by atoms with Crippen LogP contribution in [0.25, 0.3) is 0 Å². The Bertz CT molecular complexity index is 1070. The van der Waals surface area contributed by atoms with Crippen molar-refractivity contribution in [2.45, 2.75) is 38.0 Å². The molecule has 0 atom stereocenters. The monoisotopic (exact) mass is 433 g/mol. The minimum absolute atomic E-state index is 0.00452. The van der Waals surface area contributed by atoms with Gasteiger partial charge in [0.25, 0.3) is 15.9 Å². The summed E-state index contributed by atoms with van der Waals surface area (Å²) in [5.41, 5.74) is 1.93. The number of esters is 1. The molecule has 0 saturated carbocycles. The first-order valence-corrected chi connectivity index (χ1v) is 11.3. The van der Waals surface area contributed by atoms with Gasteiger partial charge in [0.1, 0.15) is 4.90 Å². The molecule has 1 N–H and O–H groups in total. The normalized spacial score (nSPS) is 14.5. The van der Waals surface area contributed by atoms with Gasteiger partial charge in [0, 0.05) is 37.2 Å². The van der Waals surface area contributed by atoms with E-state index in [0.29, 0.717) is 35.7 Å². The molecule has 0 bridgehead atoms. The van der Waals surface area contributed by atoms with Gasteiger partial charge in [0.2, 0.25) is 0 Å². The molecule has 1 aliphatic rings. The molecule has 2 aromatic rings. The molecule has 0 radical (unpaired) electrons. The van der Waals surface area contributed by atoms with Gasteiger partial charge in [-0.3, -0.25) is 9.52 Å². The zero-order chi connectivity index (χ0) is 22.1. The van der Waals surface area contributed by atoms with Crippen molar-refractivity contribution in [2.24, 2.45) is 7.05 Å². The van der Waals surface area contributed by atoms with E-state index in [-0.39, 0.29) is 16.4 Å². The number of anilines is 1. The molecule has 1 amide bonds. The minimum atomic E-state index is -4.03. The second kappa shape index (κ2) is 8.51. The number of ether oxygens (including phenoxy) is 1. The number of sulfonamides is 1. The SMILES string of the molecule is COC(=O)c1ccc(NS(=O)(=O)c2c(C(=O)N3CCCCC3)c(C)n(C)c2C)cc1. The van der Waals surface area contributed by atoms with Gasteiger partial charge in [-0.15, -0.1) is 0 Å². The van der Waals surface area contributed by atoms with Crippen LogP contribution in [0, 0.1) is 13.8 Å². The van der Waals surface area contributed by atoms with Gasteiger partial charge in [0.15, 0.2) is 0 Å². The third kappa shape index (κ3) is 4.07. The van der Waals surface area contributed by atoms with E-state index in [1.54, 1.807) is 30.4 Å². The summed E-state index contributed by atoms with van der Waals surface area (Å²) in [5.74, 6) is -0.759. The molecule has 162 valence electrons. The first kappa shape index (κ1) is 21.9. The molecular weight excluding hydrogens is 406 g/mol. The zero-order valence-electron chi connectivity index (χ0n) is 17.7. The fourth-order valence-electron chi connectivity index (χ4n) is 3.75. The van der Waals surface area contributed by atoms with Crippen LogP contribution in [-0.2, 0) is 21.8 Å². The maximum Gasteiger partial charge on any atom is 0.337 e. The number of nitrogens with zero attached hydrogens (tertiary/aromatic N) is 2. The molecule has 0 spiro atoms. The van der Waals surface area contributed by atoms with Gasteiger partial charge in [-0.25, -0.2) is 13.2 Å². The summed E-state index contributed by atoms with van der Waals surface area (Å²) in [4.78, 5) is 26.5. The van der Waals surface area contributed by atoms with Gasteiger partial charge in [0.05, 0.1) is 18.2 Å². The van der Waals surface area contributed by atoms with Crippen LogP contribution in [0.5, 0.6) is 0 Å². The van der Waals surface area contributed by atoms with Gasteiger partial charge >= 0.3 is 5.97 Å². The zero-order valence-corrected chi connectivity index (χ0v) is 18.5. The van der Waals surface area contributed by atoms with Crippen LogP contribution in [0.1, 0.15) is 51.4 Å². The van der Waals surface area contributed by atoms with Crippen LogP contribution in [0.15, 0.2) is 29.2 Å². The summed E-state index contributed by atoms with van der Waals surface area (Å²) < 4.78 is 35.5. The average Bonchev–Trinajstić information content (AvgIpc) is 2.98. The number of piperidine rings is 1. The van der Waals surface area contributed by atoms with Crippen LogP contribution < -0.4 is 4.72 Å². The number of methoxy groups -OCH3 is 1. The average molecular weight is 434 g/mol. The highest BCUT2D eigenvalue weighted by Gasteiger charge is 2.33. The summed E-state index contributed by atoms with van der Waals surface area (Å²) in [6.45, 7) is 4.71. The number of carbonyl (C=O) groups excluding carboxylic acids is 2. The lowest BCUT2D eigenvalue weighted by Gasteiger charge is -2.27. The van der Waals surface area contributed by atoms with Crippen molar-refractivity contribution in [1.82, 2.24) is 9.47 Å². The van der Waals surface area contributed by atoms with Crippen LogP contribution >= 0.6 is 0 Å². The number of nitrogens with one attached hydrogen (secondary N) is 1. The number of benzene rings is 1. The predicted octanol–water partition coefficient (Wildman–Crippen LogP) is 2.86. The lowest BCUT2D eigenvalue weighted by Crippen LogP contribution is -2.36. The maximum atomic E-state index is 13.3.